The number of nitrogens with one attached hydrogen (secondary N) is 1. The lowest BCUT2D eigenvalue weighted by Crippen LogP contribution is -2.67. The Kier molecular flexibility index (Phi) is 3.16. The molecule has 0 spiro atoms. The monoisotopic (exact) mass is 252 g/mol. The molecule has 2 amide bonds. The Balaban J connectivity index is 2.27. The zero-order valence-electron chi connectivity index (χ0n) is 11.9. The molecule has 1 saturated carbocycles. The summed E-state index contributed by atoms with van der Waals surface area (Å²) in [6.45, 7) is 8.41. The minimum Gasteiger partial charge on any atom is -0.340 e. The van der Waals surface area contributed by atoms with Crippen molar-refractivity contribution in [1.82, 2.24) is 10.2 Å². The summed E-state index contributed by atoms with van der Waals surface area (Å²) < 4.78 is 0. The minimum atomic E-state index is -0.714. The van der Waals surface area contributed by atoms with Crippen molar-refractivity contribution < 1.29 is 9.59 Å². The van der Waals surface area contributed by atoms with Gasteiger partial charge in [-0.1, -0.05) is 27.2 Å². The highest BCUT2D eigenvalue weighted by atomic mass is 16.2. The van der Waals surface area contributed by atoms with Gasteiger partial charge >= 0.3 is 0 Å². The van der Waals surface area contributed by atoms with E-state index in [0.29, 0.717) is 6.42 Å². The molecule has 1 aliphatic carbocycles. The lowest BCUT2D eigenvalue weighted by atomic mass is 9.84. The maximum absolute atomic E-state index is 12.6. The van der Waals surface area contributed by atoms with Crippen molar-refractivity contribution in [2.75, 3.05) is 6.54 Å². The highest BCUT2D eigenvalue weighted by Gasteiger charge is 2.48. The Morgan fingerprint density at radius 2 is 2.00 bits per heavy atom. The van der Waals surface area contributed by atoms with Crippen LogP contribution in [0.1, 0.15) is 53.4 Å². The number of hydrogen-bond acceptors (Lipinski definition) is 2. The number of piperazine rings is 1. The molecule has 1 heterocycles. The molecular formula is C14H24N2O2. The van der Waals surface area contributed by atoms with Crippen molar-refractivity contribution in [3.8, 4) is 0 Å². The highest BCUT2D eigenvalue weighted by molar-refractivity contribution is 5.97. The molecule has 0 bridgehead atoms. The van der Waals surface area contributed by atoms with Gasteiger partial charge in [0.2, 0.25) is 11.8 Å². The number of amides is 2. The van der Waals surface area contributed by atoms with Crippen LogP contribution in [0.15, 0.2) is 0 Å². The number of carbonyl (C=O) groups excluding carboxylic acids is 2. The van der Waals surface area contributed by atoms with Crippen molar-refractivity contribution in [3.63, 3.8) is 0 Å². The van der Waals surface area contributed by atoms with Crippen molar-refractivity contribution in [1.29, 1.82) is 0 Å². The number of hydrogen-bond donors (Lipinski definition) is 1. The lowest BCUT2D eigenvalue weighted by Gasteiger charge is -2.45. The predicted octanol–water partition coefficient (Wildman–Crippen LogP) is 1.69. The van der Waals surface area contributed by atoms with Crippen LogP contribution in [-0.2, 0) is 9.59 Å². The summed E-state index contributed by atoms with van der Waals surface area (Å²) in [7, 11) is 0. The van der Waals surface area contributed by atoms with Gasteiger partial charge in [-0.05, 0) is 31.6 Å². The largest absolute Gasteiger partial charge is 0.340 e. The van der Waals surface area contributed by atoms with Crippen LogP contribution in [0.3, 0.4) is 0 Å². The van der Waals surface area contributed by atoms with E-state index in [9.17, 15) is 9.59 Å². The summed E-state index contributed by atoms with van der Waals surface area (Å²) in [6, 6.07) is 0.210. The van der Waals surface area contributed by atoms with E-state index in [1.807, 2.05) is 18.7 Å². The first kappa shape index (κ1) is 13.4. The normalized spacial score (nSPS) is 35.8. The molecule has 1 aliphatic heterocycles. The van der Waals surface area contributed by atoms with Gasteiger partial charge in [-0.15, -0.1) is 0 Å². The van der Waals surface area contributed by atoms with Gasteiger partial charge in [-0.3, -0.25) is 9.59 Å². The second kappa shape index (κ2) is 4.25. The third-order valence-corrected chi connectivity index (χ3v) is 4.75. The van der Waals surface area contributed by atoms with E-state index in [1.54, 1.807) is 0 Å². The van der Waals surface area contributed by atoms with E-state index in [0.717, 1.165) is 19.3 Å². The summed E-state index contributed by atoms with van der Waals surface area (Å²) in [4.78, 5) is 26.3. The molecule has 4 nitrogen and oxygen atoms in total. The molecule has 2 fully saturated rings. The molecule has 102 valence electrons. The second-order valence-electron chi connectivity index (χ2n) is 6.56. The summed E-state index contributed by atoms with van der Waals surface area (Å²) in [5.74, 6) is 0.0613. The van der Waals surface area contributed by atoms with Gasteiger partial charge in [-0.2, -0.15) is 0 Å². The van der Waals surface area contributed by atoms with Gasteiger partial charge in [0, 0.05) is 6.04 Å². The van der Waals surface area contributed by atoms with E-state index in [-0.39, 0.29) is 29.8 Å². The van der Waals surface area contributed by atoms with Gasteiger partial charge in [-0.25, -0.2) is 0 Å². The number of carbonyl (C=O) groups is 2. The summed E-state index contributed by atoms with van der Waals surface area (Å²) in [5, 5.41) is 2.84. The van der Waals surface area contributed by atoms with Crippen LogP contribution in [0.4, 0.5) is 0 Å². The van der Waals surface area contributed by atoms with Crippen LogP contribution in [0, 0.1) is 5.41 Å². The van der Waals surface area contributed by atoms with Crippen LogP contribution in [0.2, 0.25) is 0 Å². The SMILES string of the molecule is CCC1(C)NC(=O)CN(C2CCCC2(C)C)C1=O. The van der Waals surface area contributed by atoms with E-state index in [1.165, 1.54) is 0 Å². The first-order valence-electron chi connectivity index (χ1n) is 6.92. The van der Waals surface area contributed by atoms with Crippen molar-refractivity contribution in [2.24, 2.45) is 5.41 Å². The van der Waals surface area contributed by atoms with Crippen LogP contribution in [0.5, 0.6) is 0 Å². The van der Waals surface area contributed by atoms with Crippen molar-refractivity contribution in [3.05, 3.63) is 0 Å². The molecule has 0 aromatic carbocycles. The van der Waals surface area contributed by atoms with Gasteiger partial charge in [0.15, 0.2) is 0 Å². The molecule has 0 aromatic heterocycles. The number of rotatable bonds is 2. The molecule has 2 atom stereocenters. The molecule has 18 heavy (non-hydrogen) atoms. The molecule has 2 aliphatic rings. The number of nitrogens with zero attached hydrogens (tertiary/aromatic N) is 1. The van der Waals surface area contributed by atoms with E-state index in [2.05, 4.69) is 19.2 Å². The fraction of sp³-hybridized carbons (Fsp3) is 0.857. The predicted molar refractivity (Wildman–Crippen MR) is 70.0 cm³/mol. The highest BCUT2D eigenvalue weighted by Crippen LogP contribution is 2.41. The Hall–Kier alpha value is -1.06. The maximum Gasteiger partial charge on any atom is 0.248 e. The smallest absolute Gasteiger partial charge is 0.248 e. The van der Waals surface area contributed by atoms with E-state index < -0.39 is 5.54 Å². The molecule has 0 aromatic rings. The third kappa shape index (κ3) is 2.02. The Bertz CT molecular complexity index is 378. The molecule has 1 saturated heterocycles. The summed E-state index contributed by atoms with van der Waals surface area (Å²) >= 11 is 0. The van der Waals surface area contributed by atoms with Gasteiger partial charge in [0.1, 0.15) is 5.54 Å². The van der Waals surface area contributed by atoms with E-state index >= 15 is 0 Å². The standard InChI is InChI=1S/C14H24N2O2/c1-5-14(4)12(18)16(9-11(17)15-14)10-7-6-8-13(10,2)3/h10H,5-9H2,1-4H3,(H,15,17). The van der Waals surface area contributed by atoms with Crippen LogP contribution < -0.4 is 5.32 Å². The summed E-state index contributed by atoms with van der Waals surface area (Å²) in [6.07, 6.45) is 3.94. The molecule has 4 heteroatoms. The topological polar surface area (TPSA) is 49.4 Å². The molecule has 0 radical (unpaired) electrons. The zero-order valence-corrected chi connectivity index (χ0v) is 11.9. The quantitative estimate of drug-likeness (QED) is 0.813. The second-order valence-corrected chi connectivity index (χ2v) is 6.56. The fourth-order valence-electron chi connectivity index (χ4n) is 3.32. The average Bonchev–Trinajstić information content (AvgIpc) is 2.63. The minimum absolute atomic E-state index is 0.0263. The average molecular weight is 252 g/mol. The van der Waals surface area contributed by atoms with Gasteiger partial charge in [0.05, 0.1) is 6.54 Å². The first-order chi connectivity index (χ1) is 8.30. The van der Waals surface area contributed by atoms with Gasteiger partial charge in [0.25, 0.3) is 0 Å². The van der Waals surface area contributed by atoms with E-state index in [4.69, 9.17) is 0 Å². The summed E-state index contributed by atoms with van der Waals surface area (Å²) in [5.41, 5.74) is -0.587. The third-order valence-electron chi connectivity index (χ3n) is 4.75. The van der Waals surface area contributed by atoms with Gasteiger partial charge < -0.3 is 10.2 Å². The Morgan fingerprint density at radius 3 is 2.50 bits per heavy atom. The fourth-order valence-corrected chi connectivity index (χ4v) is 3.32. The maximum atomic E-state index is 12.6. The Morgan fingerprint density at radius 1 is 1.33 bits per heavy atom. The van der Waals surface area contributed by atoms with Crippen LogP contribution in [-0.4, -0.2) is 34.8 Å². The van der Waals surface area contributed by atoms with Crippen molar-refractivity contribution >= 4 is 11.8 Å². The first-order valence-corrected chi connectivity index (χ1v) is 6.92. The molecular weight excluding hydrogens is 228 g/mol. The molecule has 1 N–H and O–H groups in total. The van der Waals surface area contributed by atoms with Crippen LogP contribution in [0.25, 0.3) is 0 Å². The Labute approximate surface area is 109 Å². The van der Waals surface area contributed by atoms with Crippen LogP contribution >= 0.6 is 0 Å². The lowest BCUT2D eigenvalue weighted by molar-refractivity contribution is -0.153. The van der Waals surface area contributed by atoms with Crippen molar-refractivity contribution in [2.45, 2.75) is 65.0 Å². The zero-order chi connectivity index (χ0) is 13.6. The molecule has 2 rings (SSSR count). The molecule has 2 unspecified atom stereocenters.